The second-order valence-corrected chi connectivity index (χ2v) is 10.9. The van der Waals surface area contributed by atoms with E-state index in [4.69, 9.17) is 0 Å². The fourth-order valence-corrected chi connectivity index (χ4v) is 6.85. The lowest BCUT2D eigenvalue weighted by Gasteiger charge is -2.38. The first-order valence-corrected chi connectivity index (χ1v) is 11.1. The summed E-state index contributed by atoms with van der Waals surface area (Å²) in [6.07, 6.45) is 2.31. The second kappa shape index (κ2) is 6.14. The minimum Gasteiger partial charge on any atom is -0.303 e. The Bertz CT molecular complexity index is 571. The molecule has 0 spiro atoms. The SMILES string of the molecule is CC(C)CN1CC[C@@H]2[C@H](CC1)N(S(C)(=O)=O)CCS2(=O)=O. The normalized spacial score (nSPS) is 31.8. The minimum atomic E-state index is -3.35. The molecule has 0 aromatic heterocycles. The summed E-state index contributed by atoms with van der Waals surface area (Å²) in [5.74, 6) is 0.471. The van der Waals surface area contributed by atoms with Crippen molar-refractivity contribution in [3.05, 3.63) is 0 Å². The van der Waals surface area contributed by atoms with Crippen LogP contribution in [-0.2, 0) is 19.9 Å². The third kappa shape index (κ3) is 3.97. The van der Waals surface area contributed by atoms with Crippen molar-refractivity contribution in [1.82, 2.24) is 9.21 Å². The smallest absolute Gasteiger partial charge is 0.211 e. The summed E-state index contributed by atoms with van der Waals surface area (Å²) < 4.78 is 50.0. The Morgan fingerprint density at radius 2 is 1.76 bits per heavy atom. The Kier molecular flexibility index (Phi) is 5.02. The van der Waals surface area contributed by atoms with Crippen molar-refractivity contribution in [3.8, 4) is 0 Å². The highest BCUT2D eigenvalue weighted by Crippen LogP contribution is 2.29. The van der Waals surface area contributed by atoms with Gasteiger partial charge < -0.3 is 4.90 Å². The number of nitrogens with zero attached hydrogens (tertiary/aromatic N) is 2. The molecule has 0 aliphatic carbocycles. The second-order valence-electron chi connectivity index (χ2n) is 6.62. The lowest BCUT2D eigenvalue weighted by molar-refractivity contribution is 0.243. The molecule has 0 aromatic carbocycles. The predicted octanol–water partition coefficient (Wildman–Crippen LogP) is 0.165. The molecule has 2 fully saturated rings. The maximum absolute atomic E-state index is 12.3. The number of likely N-dealkylation sites (tertiary alicyclic amines) is 1. The van der Waals surface area contributed by atoms with E-state index in [9.17, 15) is 16.8 Å². The van der Waals surface area contributed by atoms with Crippen LogP contribution in [0.1, 0.15) is 26.7 Å². The van der Waals surface area contributed by atoms with E-state index in [-0.39, 0.29) is 12.3 Å². The van der Waals surface area contributed by atoms with Gasteiger partial charge in [-0.25, -0.2) is 16.8 Å². The molecule has 0 radical (unpaired) electrons. The van der Waals surface area contributed by atoms with Gasteiger partial charge in [0.15, 0.2) is 9.84 Å². The fourth-order valence-electron chi connectivity index (χ4n) is 3.51. The molecule has 0 saturated carbocycles. The maximum Gasteiger partial charge on any atom is 0.211 e. The van der Waals surface area contributed by atoms with E-state index in [0.29, 0.717) is 18.8 Å². The predicted molar refractivity (Wildman–Crippen MR) is 83.4 cm³/mol. The fraction of sp³-hybridized carbons (Fsp3) is 1.00. The van der Waals surface area contributed by atoms with Gasteiger partial charge in [0.1, 0.15) is 0 Å². The van der Waals surface area contributed by atoms with Crippen LogP contribution in [0.3, 0.4) is 0 Å². The molecule has 6 nitrogen and oxygen atoms in total. The minimum absolute atomic E-state index is 0.0502. The largest absolute Gasteiger partial charge is 0.303 e. The lowest BCUT2D eigenvalue weighted by Crippen LogP contribution is -2.56. The van der Waals surface area contributed by atoms with Crippen LogP contribution in [0.5, 0.6) is 0 Å². The van der Waals surface area contributed by atoms with Crippen molar-refractivity contribution in [3.63, 3.8) is 0 Å². The molecule has 0 N–H and O–H groups in total. The van der Waals surface area contributed by atoms with Gasteiger partial charge in [0.2, 0.25) is 10.0 Å². The van der Waals surface area contributed by atoms with Crippen molar-refractivity contribution >= 4 is 19.9 Å². The molecule has 2 atom stereocenters. The van der Waals surface area contributed by atoms with Gasteiger partial charge in [-0.2, -0.15) is 4.31 Å². The summed E-state index contributed by atoms with van der Waals surface area (Å²) in [6.45, 7) is 6.80. The highest BCUT2D eigenvalue weighted by molar-refractivity contribution is 7.92. The Morgan fingerprint density at radius 1 is 1.14 bits per heavy atom. The number of fused-ring (bicyclic) bond motifs is 1. The molecule has 2 rings (SSSR count). The van der Waals surface area contributed by atoms with Gasteiger partial charge in [-0.05, 0) is 31.8 Å². The number of sulfonamides is 1. The maximum atomic E-state index is 12.3. The summed E-state index contributed by atoms with van der Waals surface area (Å²) in [7, 11) is -6.54. The Balaban J connectivity index is 2.24. The Morgan fingerprint density at radius 3 is 2.33 bits per heavy atom. The molecule has 124 valence electrons. The summed E-state index contributed by atoms with van der Waals surface area (Å²) in [4.78, 5) is 2.26. The van der Waals surface area contributed by atoms with E-state index in [1.54, 1.807) is 0 Å². The average molecular weight is 338 g/mol. The third-order valence-electron chi connectivity index (χ3n) is 4.38. The van der Waals surface area contributed by atoms with Gasteiger partial charge >= 0.3 is 0 Å². The molecule has 2 aliphatic rings. The Labute approximate surface area is 128 Å². The molecule has 2 aliphatic heterocycles. The highest BCUT2D eigenvalue weighted by atomic mass is 32.2. The van der Waals surface area contributed by atoms with E-state index >= 15 is 0 Å². The van der Waals surface area contributed by atoms with E-state index in [1.165, 1.54) is 10.6 Å². The van der Waals surface area contributed by atoms with E-state index in [2.05, 4.69) is 18.7 Å². The first-order valence-electron chi connectivity index (χ1n) is 7.52. The van der Waals surface area contributed by atoms with Gasteiger partial charge in [0, 0.05) is 19.1 Å². The van der Waals surface area contributed by atoms with Gasteiger partial charge in [0.25, 0.3) is 0 Å². The van der Waals surface area contributed by atoms with E-state index in [0.717, 1.165) is 19.6 Å². The first-order chi connectivity index (χ1) is 9.61. The lowest BCUT2D eigenvalue weighted by atomic mass is 10.1. The molecule has 2 heterocycles. The molecular formula is C13H26N2O4S2. The van der Waals surface area contributed by atoms with Crippen molar-refractivity contribution in [2.45, 2.75) is 38.0 Å². The zero-order valence-corrected chi connectivity index (χ0v) is 14.7. The quantitative estimate of drug-likeness (QED) is 0.733. The van der Waals surface area contributed by atoms with Crippen LogP contribution < -0.4 is 0 Å². The van der Waals surface area contributed by atoms with Crippen LogP contribution in [0.15, 0.2) is 0 Å². The number of sulfone groups is 1. The number of rotatable bonds is 3. The summed E-state index contributed by atoms with van der Waals surface area (Å²) in [6, 6.07) is -0.393. The molecular weight excluding hydrogens is 312 g/mol. The third-order valence-corrected chi connectivity index (χ3v) is 7.91. The van der Waals surface area contributed by atoms with Crippen LogP contribution >= 0.6 is 0 Å². The number of hydrogen-bond acceptors (Lipinski definition) is 5. The van der Waals surface area contributed by atoms with Crippen LogP contribution in [0, 0.1) is 5.92 Å². The van der Waals surface area contributed by atoms with Crippen molar-refractivity contribution in [2.24, 2.45) is 5.92 Å². The topological polar surface area (TPSA) is 74.8 Å². The van der Waals surface area contributed by atoms with E-state index < -0.39 is 31.2 Å². The van der Waals surface area contributed by atoms with E-state index in [1.807, 2.05) is 0 Å². The van der Waals surface area contributed by atoms with Crippen LogP contribution in [0.4, 0.5) is 0 Å². The van der Waals surface area contributed by atoms with Gasteiger partial charge in [-0.15, -0.1) is 0 Å². The molecule has 0 amide bonds. The van der Waals surface area contributed by atoms with Gasteiger partial charge in [0.05, 0.1) is 17.3 Å². The monoisotopic (exact) mass is 338 g/mol. The standard InChI is InChI=1S/C13H26N2O4S2/c1-11(2)10-14-6-4-12-13(5-7-14)21(18,19)9-8-15(12)20(3,16)17/h11-13H,4-10H2,1-3H3/t12-,13+/m0/s1. The zero-order valence-electron chi connectivity index (χ0n) is 13.0. The molecule has 8 heteroatoms. The summed E-state index contributed by atoms with van der Waals surface area (Å²) >= 11 is 0. The van der Waals surface area contributed by atoms with Crippen LogP contribution in [-0.4, -0.2) is 75.5 Å². The van der Waals surface area contributed by atoms with Gasteiger partial charge in [-0.1, -0.05) is 13.8 Å². The highest BCUT2D eigenvalue weighted by Gasteiger charge is 2.45. The molecule has 0 aromatic rings. The molecule has 0 bridgehead atoms. The van der Waals surface area contributed by atoms with Crippen molar-refractivity contribution in [2.75, 3.05) is 38.2 Å². The molecule has 2 saturated heterocycles. The number of hydrogen-bond donors (Lipinski definition) is 0. The van der Waals surface area contributed by atoms with Crippen LogP contribution in [0.2, 0.25) is 0 Å². The summed E-state index contributed by atoms with van der Waals surface area (Å²) in [5, 5.41) is -0.543. The van der Waals surface area contributed by atoms with Crippen molar-refractivity contribution in [1.29, 1.82) is 0 Å². The molecule has 21 heavy (non-hydrogen) atoms. The van der Waals surface area contributed by atoms with Crippen molar-refractivity contribution < 1.29 is 16.8 Å². The molecule has 0 unspecified atom stereocenters. The van der Waals surface area contributed by atoms with Crippen LogP contribution in [0.25, 0.3) is 0 Å². The zero-order chi connectivity index (χ0) is 15.8. The first kappa shape index (κ1) is 17.2. The summed E-state index contributed by atoms with van der Waals surface area (Å²) in [5.41, 5.74) is 0. The average Bonchev–Trinajstić information content (AvgIpc) is 2.50. The Hall–Kier alpha value is -0.180. The van der Waals surface area contributed by atoms with Gasteiger partial charge in [-0.3, -0.25) is 0 Å².